The van der Waals surface area contributed by atoms with Crippen LogP contribution in [0.15, 0.2) is 0 Å². The highest BCUT2D eigenvalue weighted by molar-refractivity contribution is 5.87. The topological polar surface area (TPSA) is 116 Å². The van der Waals surface area contributed by atoms with Crippen LogP contribution in [0, 0.1) is 5.41 Å². The molecule has 114 valence electrons. The summed E-state index contributed by atoms with van der Waals surface area (Å²) in [5, 5.41) is 23.4. The van der Waals surface area contributed by atoms with E-state index in [1.165, 1.54) is 0 Å². The second kappa shape index (κ2) is 7.23. The Hall–Kier alpha value is -1.63. The first-order valence-corrected chi connectivity index (χ1v) is 6.87. The molecule has 0 aromatic rings. The number of carboxylic acid groups (broad SMARTS) is 2. The van der Waals surface area contributed by atoms with Crippen molar-refractivity contribution in [3.05, 3.63) is 0 Å². The third-order valence-corrected chi connectivity index (χ3v) is 3.97. The summed E-state index contributed by atoms with van der Waals surface area (Å²) in [4.78, 5) is 34.0. The van der Waals surface area contributed by atoms with E-state index in [4.69, 9.17) is 10.2 Å². The zero-order valence-electron chi connectivity index (χ0n) is 11.6. The fourth-order valence-corrected chi connectivity index (χ4v) is 2.48. The molecule has 0 radical (unpaired) electrons. The molecular formula is C13H22N2O5. The number of nitrogens with one attached hydrogen (secondary N) is 2. The standard InChI is InChI=1S/C13H22N2O5/c1-2-13(5-7-14-8-6-13)12(20)15-9(11(18)19)3-4-10(16)17/h9,14H,2-8H2,1H3,(H,15,20)(H,16,17)(H,18,19)/t9-/m0/s1. The molecule has 1 saturated heterocycles. The smallest absolute Gasteiger partial charge is 0.326 e. The number of carbonyl (C=O) groups excluding carboxylic acids is 1. The summed E-state index contributed by atoms with van der Waals surface area (Å²) in [6.45, 7) is 3.38. The van der Waals surface area contributed by atoms with E-state index in [9.17, 15) is 14.4 Å². The SMILES string of the molecule is CCC1(C(=O)N[C@@H](CCC(=O)O)C(=O)O)CCNCC1. The number of hydrogen-bond acceptors (Lipinski definition) is 4. The van der Waals surface area contributed by atoms with Crippen LogP contribution in [0.2, 0.25) is 0 Å². The molecule has 1 atom stereocenters. The number of rotatable bonds is 7. The first-order chi connectivity index (χ1) is 9.41. The van der Waals surface area contributed by atoms with Gasteiger partial charge in [0.15, 0.2) is 0 Å². The van der Waals surface area contributed by atoms with Crippen LogP contribution in [0.4, 0.5) is 0 Å². The van der Waals surface area contributed by atoms with E-state index < -0.39 is 23.4 Å². The van der Waals surface area contributed by atoms with Gasteiger partial charge in [-0.2, -0.15) is 0 Å². The normalized spacial score (nSPS) is 19.1. The average molecular weight is 286 g/mol. The number of carboxylic acids is 2. The molecule has 0 aromatic heterocycles. The van der Waals surface area contributed by atoms with Crippen LogP contribution < -0.4 is 10.6 Å². The van der Waals surface area contributed by atoms with Gasteiger partial charge in [-0.25, -0.2) is 4.79 Å². The van der Waals surface area contributed by atoms with Crippen molar-refractivity contribution in [1.82, 2.24) is 10.6 Å². The first-order valence-electron chi connectivity index (χ1n) is 6.87. The average Bonchev–Trinajstić information content (AvgIpc) is 2.43. The van der Waals surface area contributed by atoms with Crippen molar-refractivity contribution in [3.8, 4) is 0 Å². The number of carbonyl (C=O) groups is 3. The van der Waals surface area contributed by atoms with Gasteiger partial charge in [0, 0.05) is 6.42 Å². The van der Waals surface area contributed by atoms with Crippen molar-refractivity contribution >= 4 is 17.8 Å². The Bertz CT molecular complexity index is 377. The lowest BCUT2D eigenvalue weighted by Gasteiger charge is -2.36. The highest BCUT2D eigenvalue weighted by Crippen LogP contribution is 2.32. The van der Waals surface area contributed by atoms with Gasteiger partial charge in [0.05, 0.1) is 5.41 Å². The minimum Gasteiger partial charge on any atom is -0.481 e. The van der Waals surface area contributed by atoms with Gasteiger partial charge >= 0.3 is 11.9 Å². The lowest BCUT2D eigenvalue weighted by molar-refractivity contribution is -0.145. The predicted molar refractivity (Wildman–Crippen MR) is 71.3 cm³/mol. The molecular weight excluding hydrogens is 264 g/mol. The first kappa shape index (κ1) is 16.4. The lowest BCUT2D eigenvalue weighted by atomic mass is 9.75. The van der Waals surface area contributed by atoms with E-state index in [0.29, 0.717) is 19.3 Å². The largest absolute Gasteiger partial charge is 0.481 e. The van der Waals surface area contributed by atoms with E-state index in [1.807, 2.05) is 6.92 Å². The molecule has 1 aliphatic rings. The van der Waals surface area contributed by atoms with E-state index >= 15 is 0 Å². The van der Waals surface area contributed by atoms with Gasteiger partial charge in [0.2, 0.25) is 5.91 Å². The van der Waals surface area contributed by atoms with Crippen LogP contribution in [0.25, 0.3) is 0 Å². The van der Waals surface area contributed by atoms with Crippen molar-refractivity contribution < 1.29 is 24.6 Å². The van der Waals surface area contributed by atoms with Gasteiger partial charge in [-0.3, -0.25) is 9.59 Å². The molecule has 0 aliphatic carbocycles. The number of aliphatic carboxylic acids is 2. The molecule has 0 bridgehead atoms. The zero-order chi connectivity index (χ0) is 15.2. The molecule has 1 heterocycles. The molecule has 0 aromatic carbocycles. The summed E-state index contributed by atoms with van der Waals surface area (Å²) in [6.07, 6.45) is 1.60. The maximum atomic E-state index is 12.4. The van der Waals surface area contributed by atoms with Crippen molar-refractivity contribution in [3.63, 3.8) is 0 Å². The van der Waals surface area contributed by atoms with Crippen LogP contribution in [-0.2, 0) is 14.4 Å². The molecule has 7 heteroatoms. The summed E-state index contributed by atoms with van der Waals surface area (Å²) >= 11 is 0. The lowest BCUT2D eigenvalue weighted by Crippen LogP contribution is -2.52. The Morgan fingerprint density at radius 3 is 2.30 bits per heavy atom. The highest BCUT2D eigenvalue weighted by Gasteiger charge is 2.39. The highest BCUT2D eigenvalue weighted by atomic mass is 16.4. The Labute approximate surface area is 117 Å². The maximum Gasteiger partial charge on any atom is 0.326 e. The van der Waals surface area contributed by atoms with Crippen molar-refractivity contribution in [2.24, 2.45) is 5.41 Å². The van der Waals surface area contributed by atoms with Gasteiger partial charge < -0.3 is 20.8 Å². The zero-order valence-corrected chi connectivity index (χ0v) is 11.6. The third kappa shape index (κ3) is 4.19. The summed E-state index contributed by atoms with van der Waals surface area (Å²) in [5.41, 5.74) is -0.540. The monoisotopic (exact) mass is 286 g/mol. The number of piperidine rings is 1. The summed E-state index contributed by atoms with van der Waals surface area (Å²) in [7, 11) is 0. The van der Waals surface area contributed by atoms with Crippen molar-refractivity contribution in [1.29, 1.82) is 0 Å². The maximum absolute atomic E-state index is 12.4. The Balaban J connectivity index is 2.68. The number of amides is 1. The Kier molecular flexibility index (Phi) is 5.94. The van der Waals surface area contributed by atoms with Crippen molar-refractivity contribution in [2.75, 3.05) is 13.1 Å². The minimum absolute atomic E-state index is 0.103. The molecule has 20 heavy (non-hydrogen) atoms. The van der Waals surface area contributed by atoms with E-state index in [-0.39, 0.29) is 18.7 Å². The summed E-state index contributed by atoms with van der Waals surface area (Å²) < 4.78 is 0. The van der Waals surface area contributed by atoms with Gasteiger partial charge in [-0.1, -0.05) is 6.92 Å². The molecule has 0 saturated carbocycles. The molecule has 7 nitrogen and oxygen atoms in total. The van der Waals surface area contributed by atoms with Crippen molar-refractivity contribution in [2.45, 2.75) is 45.1 Å². The van der Waals surface area contributed by atoms with Crippen LogP contribution >= 0.6 is 0 Å². The number of hydrogen-bond donors (Lipinski definition) is 4. The predicted octanol–water partition coefficient (Wildman–Crippen LogP) is 0.200. The molecule has 0 unspecified atom stereocenters. The minimum atomic E-state index is -1.19. The molecule has 0 spiro atoms. The second-order valence-electron chi connectivity index (χ2n) is 5.18. The van der Waals surface area contributed by atoms with Crippen LogP contribution in [0.5, 0.6) is 0 Å². The van der Waals surface area contributed by atoms with Gasteiger partial charge in [-0.15, -0.1) is 0 Å². The van der Waals surface area contributed by atoms with E-state index in [2.05, 4.69) is 10.6 Å². The summed E-state index contributed by atoms with van der Waals surface area (Å²) in [5.74, 6) is -2.54. The molecule has 1 amide bonds. The Morgan fingerprint density at radius 2 is 1.85 bits per heavy atom. The molecule has 1 aliphatic heterocycles. The molecule has 1 rings (SSSR count). The molecule has 1 fully saturated rings. The fourth-order valence-electron chi connectivity index (χ4n) is 2.48. The van der Waals surface area contributed by atoms with Crippen LogP contribution in [-0.4, -0.2) is 47.2 Å². The molecule has 4 N–H and O–H groups in total. The Morgan fingerprint density at radius 1 is 1.25 bits per heavy atom. The van der Waals surface area contributed by atoms with E-state index in [0.717, 1.165) is 13.1 Å². The fraction of sp³-hybridized carbons (Fsp3) is 0.769. The quantitative estimate of drug-likeness (QED) is 0.531. The second-order valence-corrected chi connectivity index (χ2v) is 5.18. The van der Waals surface area contributed by atoms with Crippen LogP contribution in [0.3, 0.4) is 0 Å². The third-order valence-electron chi connectivity index (χ3n) is 3.97. The van der Waals surface area contributed by atoms with Gasteiger partial charge in [0.1, 0.15) is 6.04 Å². The van der Waals surface area contributed by atoms with Gasteiger partial charge in [-0.05, 0) is 38.8 Å². The van der Waals surface area contributed by atoms with Crippen LogP contribution in [0.1, 0.15) is 39.0 Å². The van der Waals surface area contributed by atoms with Gasteiger partial charge in [0.25, 0.3) is 0 Å². The van der Waals surface area contributed by atoms with E-state index in [1.54, 1.807) is 0 Å². The summed E-state index contributed by atoms with van der Waals surface area (Å²) in [6, 6.07) is -1.14.